The standard InChI is InChI=1S/C26H27F6N3O3/c27-25(28,29)24(37,26(30,31)32)19-1-3-20(4-2-19)35-10-6-17(13-22(35)36)16-34-11-7-23(8-12-34)14-18-5-9-33-15-21(18)38-23/h1-5,9,15,17,37H,6-8,10-14,16H2. The SMILES string of the molecule is O=C1CC(CN2CCC3(CC2)Cc2ccncc2O3)CCN1c1ccc(C(O)(C(F)(F)F)C(F)(F)F)cc1. The molecule has 1 N–H and O–H groups in total. The zero-order chi connectivity index (χ0) is 27.3. The molecule has 3 aliphatic rings. The Morgan fingerprint density at radius 2 is 1.66 bits per heavy atom. The molecule has 206 valence electrons. The van der Waals surface area contributed by atoms with Crippen LogP contribution >= 0.6 is 0 Å². The van der Waals surface area contributed by atoms with Crippen LogP contribution in [0.5, 0.6) is 5.75 Å². The fourth-order valence-corrected chi connectivity index (χ4v) is 5.75. The largest absolute Gasteiger partial charge is 0.485 e. The van der Waals surface area contributed by atoms with E-state index in [0.29, 0.717) is 25.1 Å². The number of anilines is 1. The van der Waals surface area contributed by atoms with Crippen molar-refractivity contribution >= 4 is 11.6 Å². The zero-order valence-corrected chi connectivity index (χ0v) is 20.4. The number of halogens is 6. The van der Waals surface area contributed by atoms with Crippen LogP contribution in [0.1, 0.15) is 36.8 Å². The Kier molecular flexibility index (Phi) is 6.62. The third-order valence-electron chi connectivity index (χ3n) is 7.94. The van der Waals surface area contributed by atoms with Crippen LogP contribution in [0, 0.1) is 5.92 Å². The van der Waals surface area contributed by atoms with E-state index in [1.54, 1.807) is 12.4 Å². The van der Waals surface area contributed by atoms with Gasteiger partial charge < -0.3 is 19.6 Å². The first-order valence-corrected chi connectivity index (χ1v) is 12.4. The maximum absolute atomic E-state index is 13.1. The first-order chi connectivity index (χ1) is 17.8. The first kappa shape index (κ1) is 26.7. The summed E-state index contributed by atoms with van der Waals surface area (Å²) in [6.07, 6.45) is -4.94. The van der Waals surface area contributed by atoms with Crippen molar-refractivity contribution in [1.29, 1.82) is 0 Å². The molecule has 0 aliphatic carbocycles. The number of fused-ring (bicyclic) bond motifs is 1. The van der Waals surface area contributed by atoms with E-state index in [-0.39, 0.29) is 29.5 Å². The Bertz CT molecular complexity index is 1130. The van der Waals surface area contributed by atoms with Crippen molar-refractivity contribution in [1.82, 2.24) is 9.88 Å². The number of benzene rings is 1. The van der Waals surface area contributed by atoms with E-state index in [2.05, 4.69) is 9.88 Å². The van der Waals surface area contributed by atoms with E-state index < -0.39 is 23.5 Å². The molecule has 0 saturated carbocycles. The van der Waals surface area contributed by atoms with Crippen molar-refractivity contribution in [3.05, 3.63) is 53.9 Å². The van der Waals surface area contributed by atoms with Crippen LogP contribution < -0.4 is 9.64 Å². The lowest BCUT2D eigenvalue weighted by Gasteiger charge is -2.41. The number of piperidine rings is 2. The zero-order valence-electron chi connectivity index (χ0n) is 20.4. The fraction of sp³-hybridized carbons (Fsp3) is 0.538. The summed E-state index contributed by atoms with van der Waals surface area (Å²) in [5, 5.41) is 9.57. The summed E-state index contributed by atoms with van der Waals surface area (Å²) in [5.41, 5.74) is -5.20. The number of aliphatic hydroxyl groups is 1. The van der Waals surface area contributed by atoms with Gasteiger partial charge >= 0.3 is 12.4 Å². The molecular formula is C26H27F6N3O3. The second-order valence-electron chi connectivity index (χ2n) is 10.4. The summed E-state index contributed by atoms with van der Waals surface area (Å²) in [5.74, 6) is 0.693. The number of ether oxygens (including phenoxy) is 1. The molecule has 1 amide bonds. The number of alkyl halides is 6. The number of hydrogen-bond donors (Lipinski definition) is 1. The van der Waals surface area contributed by atoms with Crippen LogP contribution in [0.15, 0.2) is 42.7 Å². The van der Waals surface area contributed by atoms with Crippen LogP contribution in [0.3, 0.4) is 0 Å². The van der Waals surface area contributed by atoms with Gasteiger partial charge in [0.1, 0.15) is 11.4 Å². The van der Waals surface area contributed by atoms with E-state index in [4.69, 9.17) is 4.74 Å². The Morgan fingerprint density at radius 1 is 1.00 bits per heavy atom. The summed E-state index contributed by atoms with van der Waals surface area (Å²) < 4.78 is 85.1. The van der Waals surface area contributed by atoms with Crippen LogP contribution in [0.2, 0.25) is 0 Å². The highest BCUT2D eigenvalue weighted by molar-refractivity contribution is 5.94. The Hall–Kier alpha value is -2.86. The van der Waals surface area contributed by atoms with Gasteiger partial charge in [-0.1, -0.05) is 12.1 Å². The number of pyridine rings is 1. The molecule has 2 fully saturated rings. The molecule has 2 aromatic rings. The van der Waals surface area contributed by atoms with E-state index in [1.807, 2.05) is 6.07 Å². The average molecular weight is 544 g/mol. The third kappa shape index (κ3) is 4.72. The number of rotatable bonds is 4. The molecule has 0 bridgehead atoms. The Morgan fingerprint density at radius 3 is 2.24 bits per heavy atom. The van der Waals surface area contributed by atoms with Crippen LogP contribution in [0.4, 0.5) is 32.0 Å². The second-order valence-corrected chi connectivity index (χ2v) is 10.4. The maximum atomic E-state index is 13.1. The normalized spacial score (nSPS) is 22.4. The van der Waals surface area contributed by atoms with E-state index in [9.17, 15) is 36.2 Å². The number of amides is 1. The van der Waals surface area contributed by atoms with Crippen LogP contribution in [0.25, 0.3) is 0 Å². The lowest BCUT2D eigenvalue weighted by molar-refractivity contribution is -0.376. The molecule has 1 spiro atoms. The van der Waals surface area contributed by atoms with Gasteiger partial charge in [0.2, 0.25) is 5.91 Å². The summed E-state index contributed by atoms with van der Waals surface area (Å²) in [4.78, 5) is 20.6. The molecule has 3 aliphatic heterocycles. The van der Waals surface area contributed by atoms with Crippen LogP contribution in [-0.4, -0.2) is 65.0 Å². The van der Waals surface area contributed by atoms with Crippen molar-refractivity contribution in [2.24, 2.45) is 5.92 Å². The Labute approximate surface area is 215 Å². The van der Waals surface area contributed by atoms with Gasteiger partial charge in [0, 0.05) is 74.9 Å². The monoisotopic (exact) mass is 543 g/mol. The average Bonchev–Trinajstić information content (AvgIpc) is 3.22. The van der Waals surface area contributed by atoms with Gasteiger partial charge in [0.05, 0.1) is 6.20 Å². The third-order valence-corrected chi connectivity index (χ3v) is 7.94. The Balaban J connectivity index is 1.16. The molecule has 12 heteroatoms. The van der Waals surface area contributed by atoms with E-state index >= 15 is 0 Å². The number of aromatic nitrogens is 1. The minimum atomic E-state index is -5.96. The van der Waals surface area contributed by atoms with Crippen molar-refractivity contribution in [2.45, 2.75) is 55.7 Å². The van der Waals surface area contributed by atoms with Crippen molar-refractivity contribution in [3.63, 3.8) is 0 Å². The van der Waals surface area contributed by atoms with Gasteiger partial charge in [0.15, 0.2) is 0 Å². The van der Waals surface area contributed by atoms with Gasteiger partial charge in [0.25, 0.3) is 5.60 Å². The van der Waals surface area contributed by atoms with Crippen molar-refractivity contribution in [2.75, 3.05) is 31.1 Å². The highest BCUT2D eigenvalue weighted by Gasteiger charge is 2.71. The van der Waals surface area contributed by atoms with Gasteiger partial charge in [-0.05, 0) is 30.5 Å². The summed E-state index contributed by atoms with van der Waals surface area (Å²) in [6, 6.07) is 5.14. The van der Waals surface area contributed by atoms with E-state index in [1.165, 1.54) is 10.5 Å². The minimum absolute atomic E-state index is 0.0958. The molecule has 6 nitrogen and oxygen atoms in total. The van der Waals surface area contributed by atoms with Gasteiger partial charge in [-0.3, -0.25) is 9.78 Å². The molecular weight excluding hydrogens is 516 g/mol. The number of carbonyl (C=O) groups excluding carboxylic acids is 1. The molecule has 4 heterocycles. The second kappa shape index (κ2) is 9.41. The molecule has 1 unspecified atom stereocenters. The predicted octanol–water partition coefficient (Wildman–Crippen LogP) is 4.61. The fourth-order valence-electron chi connectivity index (χ4n) is 5.75. The minimum Gasteiger partial charge on any atom is -0.485 e. The highest BCUT2D eigenvalue weighted by atomic mass is 19.4. The van der Waals surface area contributed by atoms with Gasteiger partial charge in [-0.25, -0.2) is 0 Å². The molecule has 5 rings (SSSR count). The number of nitrogens with zero attached hydrogens (tertiary/aromatic N) is 3. The molecule has 1 aromatic carbocycles. The van der Waals surface area contributed by atoms with Gasteiger partial charge in [-0.15, -0.1) is 0 Å². The number of carbonyl (C=O) groups is 1. The summed E-state index contributed by atoms with van der Waals surface area (Å²) in [6.45, 7) is 2.69. The highest BCUT2D eigenvalue weighted by Crippen LogP contribution is 2.50. The lowest BCUT2D eigenvalue weighted by Crippen LogP contribution is -2.53. The summed E-state index contributed by atoms with van der Waals surface area (Å²) in [7, 11) is 0. The molecule has 38 heavy (non-hydrogen) atoms. The smallest absolute Gasteiger partial charge is 0.430 e. The van der Waals surface area contributed by atoms with E-state index in [0.717, 1.165) is 56.8 Å². The maximum Gasteiger partial charge on any atom is 0.430 e. The van der Waals surface area contributed by atoms with Crippen LogP contribution in [-0.2, 0) is 16.8 Å². The van der Waals surface area contributed by atoms with Crippen molar-refractivity contribution < 1.29 is 41.0 Å². The molecule has 1 atom stereocenters. The summed E-state index contributed by atoms with van der Waals surface area (Å²) >= 11 is 0. The molecule has 0 radical (unpaired) electrons. The number of hydrogen-bond acceptors (Lipinski definition) is 5. The number of likely N-dealkylation sites (tertiary alicyclic amines) is 1. The lowest BCUT2D eigenvalue weighted by atomic mass is 9.86. The predicted molar refractivity (Wildman–Crippen MR) is 124 cm³/mol. The molecule has 2 saturated heterocycles. The first-order valence-electron chi connectivity index (χ1n) is 12.4. The topological polar surface area (TPSA) is 65.9 Å². The molecule has 1 aromatic heterocycles. The quantitative estimate of drug-likeness (QED) is 0.571. The van der Waals surface area contributed by atoms with Gasteiger partial charge in [-0.2, -0.15) is 26.3 Å². The van der Waals surface area contributed by atoms with Crippen molar-refractivity contribution in [3.8, 4) is 5.75 Å².